The Labute approximate surface area is 58.4 Å². The van der Waals surface area contributed by atoms with E-state index in [4.69, 9.17) is 5.73 Å². The third-order valence-corrected chi connectivity index (χ3v) is 1.54. The first-order valence-electron chi connectivity index (χ1n) is 3.31. The van der Waals surface area contributed by atoms with Gasteiger partial charge >= 0.3 is 0 Å². The zero-order valence-corrected chi connectivity index (χ0v) is 7.02. The lowest BCUT2D eigenvalue weighted by molar-refractivity contribution is 0.386. The second kappa shape index (κ2) is 4.77. The second-order valence-electron chi connectivity index (χ2n) is 3.07. The lowest BCUT2D eigenvalue weighted by Gasteiger charge is -2.18. The van der Waals surface area contributed by atoms with E-state index in [0.29, 0.717) is 17.9 Å². The van der Waals surface area contributed by atoms with Crippen LogP contribution in [0, 0.1) is 11.8 Å². The third-order valence-electron chi connectivity index (χ3n) is 1.54. The summed E-state index contributed by atoms with van der Waals surface area (Å²) in [6.45, 7) is 8.63. The van der Waals surface area contributed by atoms with Crippen molar-refractivity contribution < 1.29 is 0 Å². The van der Waals surface area contributed by atoms with E-state index < -0.39 is 0 Å². The van der Waals surface area contributed by atoms with Crippen LogP contribution >= 0.6 is 0 Å². The zero-order chi connectivity index (χ0) is 6.73. The molecule has 0 bridgehead atoms. The van der Waals surface area contributed by atoms with Crippen LogP contribution in [0.25, 0.3) is 0 Å². The Bertz CT molecular complexity index is 51.9. The van der Waals surface area contributed by atoms with Gasteiger partial charge in [-0.25, -0.2) is 0 Å². The highest BCUT2D eigenvalue weighted by molar-refractivity contribution is 4.67. The molecule has 0 aromatic heterocycles. The predicted octanol–water partition coefficient (Wildman–Crippen LogP) is 1.79. The molecule has 0 saturated carbocycles. The summed E-state index contributed by atoms with van der Waals surface area (Å²) in [4.78, 5) is 0. The summed E-state index contributed by atoms with van der Waals surface area (Å²) in [6, 6.07) is 0.370. The maximum absolute atomic E-state index is 5.76. The van der Waals surface area contributed by atoms with Gasteiger partial charge in [0.25, 0.3) is 0 Å². The lowest BCUT2D eigenvalue weighted by atomic mass is 9.95. The minimum absolute atomic E-state index is 0. The Hall–Kier alpha value is -0.0800. The van der Waals surface area contributed by atoms with Crippen LogP contribution in [-0.2, 0) is 0 Å². The van der Waals surface area contributed by atoms with Crippen molar-refractivity contribution in [3.8, 4) is 0 Å². The summed E-state index contributed by atoms with van der Waals surface area (Å²) in [5, 5.41) is 0. The minimum Gasteiger partial charge on any atom is -0.344 e. The smallest absolute Gasteiger partial charge is 0.00851 e. The van der Waals surface area contributed by atoms with Gasteiger partial charge in [-0.15, -0.1) is 0 Å². The van der Waals surface area contributed by atoms with E-state index in [1.165, 1.54) is 0 Å². The van der Waals surface area contributed by atoms with E-state index in [2.05, 4.69) is 27.7 Å². The summed E-state index contributed by atoms with van der Waals surface area (Å²) < 4.78 is 0. The van der Waals surface area contributed by atoms with Gasteiger partial charge in [0.2, 0.25) is 0 Å². The maximum Gasteiger partial charge on any atom is 0.00851 e. The van der Waals surface area contributed by atoms with Gasteiger partial charge in [-0.1, -0.05) is 27.7 Å². The summed E-state index contributed by atoms with van der Waals surface area (Å²) >= 11 is 0. The van der Waals surface area contributed by atoms with Gasteiger partial charge in [0.1, 0.15) is 0 Å². The van der Waals surface area contributed by atoms with Crippen molar-refractivity contribution in [3.05, 3.63) is 0 Å². The van der Waals surface area contributed by atoms with Gasteiger partial charge in [-0.3, -0.25) is 0 Å². The summed E-state index contributed by atoms with van der Waals surface area (Å²) in [5.74, 6) is 1.24. The van der Waals surface area contributed by atoms with Crippen LogP contribution in [-0.4, -0.2) is 6.04 Å². The molecule has 0 aliphatic heterocycles. The van der Waals surface area contributed by atoms with Crippen molar-refractivity contribution in [1.29, 1.82) is 0 Å². The van der Waals surface area contributed by atoms with Crippen LogP contribution in [0.15, 0.2) is 0 Å². The summed E-state index contributed by atoms with van der Waals surface area (Å²) in [5.41, 5.74) is 5.76. The minimum atomic E-state index is 0. The molecule has 0 heterocycles. The van der Waals surface area contributed by atoms with E-state index in [1.807, 2.05) is 0 Å². The maximum atomic E-state index is 5.76. The molecule has 58 valence electrons. The van der Waals surface area contributed by atoms with Crippen molar-refractivity contribution >= 4 is 0 Å². The van der Waals surface area contributed by atoms with Crippen LogP contribution in [0.3, 0.4) is 0 Å². The molecule has 0 aromatic rings. The van der Waals surface area contributed by atoms with Gasteiger partial charge in [0.15, 0.2) is 0 Å². The molecule has 5 N–H and O–H groups in total. The fourth-order valence-electron chi connectivity index (χ4n) is 0.770. The normalized spacial score (nSPS) is 10.7. The first-order valence-corrected chi connectivity index (χ1v) is 3.31. The molecule has 0 spiro atoms. The molecule has 0 atom stereocenters. The van der Waals surface area contributed by atoms with Crippen LogP contribution in [0.1, 0.15) is 27.7 Å². The first-order chi connectivity index (χ1) is 3.55. The number of hydrogen-bond acceptors (Lipinski definition) is 2. The molecule has 0 saturated heterocycles. The molecule has 0 rings (SSSR count). The third kappa shape index (κ3) is 4.43. The van der Waals surface area contributed by atoms with E-state index >= 15 is 0 Å². The highest BCUT2D eigenvalue weighted by Gasteiger charge is 2.10. The molecular weight excluding hydrogens is 112 g/mol. The van der Waals surface area contributed by atoms with E-state index in [9.17, 15) is 0 Å². The Morgan fingerprint density at radius 3 is 1.11 bits per heavy atom. The van der Waals surface area contributed by atoms with Gasteiger partial charge in [-0.2, -0.15) is 0 Å². The largest absolute Gasteiger partial charge is 0.344 e. The molecule has 0 aliphatic carbocycles. The summed E-state index contributed by atoms with van der Waals surface area (Å²) in [6.07, 6.45) is 0. The van der Waals surface area contributed by atoms with Gasteiger partial charge in [0.05, 0.1) is 0 Å². The monoisotopic (exact) mass is 132 g/mol. The Kier molecular flexibility index (Phi) is 6.19. The fourth-order valence-corrected chi connectivity index (χ4v) is 0.770. The van der Waals surface area contributed by atoms with Crippen LogP contribution in [0.5, 0.6) is 0 Å². The van der Waals surface area contributed by atoms with Crippen molar-refractivity contribution in [3.63, 3.8) is 0 Å². The molecule has 0 unspecified atom stereocenters. The average Bonchev–Trinajstić information content (AvgIpc) is 1.64. The van der Waals surface area contributed by atoms with Crippen molar-refractivity contribution in [2.75, 3.05) is 0 Å². The molecular formula is C7H20N2. The first kappa shape index (κ1) is 11.7. The molecule has 0 fully saturated rings. The van der Waals surface area contributed by atoms with Crippen molar-refractivity contribution in [1.82, 2.24) is 6.15 Å². The number of rotatable bonds is 2. The highest BCUT2D eigenvalue weighted by atomic mass is 14.6. The van der Waals surface area contributed by atoms with Crippen molar-refractivity contribution in [2.45, 2.75) is 33.7 Å². The van der Waals surface area contributed by atoms with Crippen LogP contribution in [0.2, 0.25) is 0 Å². The highest BCUT2D eigenvalue weighted by Crippen LogP contribution is 2.07. The van der Waals surface area contributed by atoms with E-state index in [0.717, 1.165) is 0 Å². The van der Waals surface area contributed by atoms with Crippen molar-refractivity contribution in [2.24, 2.45) is 17.6 Å². The molecule has 0 radical (unpaired) electrons. The molecule has 9 heavy (non-hydrogen) atoms. The van der Waals surface area contributed by atoms with Crippen LogP contribution < -0.4 is 11.9 Å². The topological polar surface area (TPSA) is 61.0 Å². The SMILES string of the molecule is CC(C)C(N)C(C)C.N. The van der Waals surface area contributed by atoms with Gasteiger partial charge < -0.3 is 11.9 Å². The second-order valence-corrected chi connectivity index (χ2v) is 3.07. The molecule has 2 nitrogen and oxygen atoms in total. The molecule has 0 aliphatic rings. The molecule has 0 amide bonds. The van der Waals surface area contributed by atoms with E-state index in [1.54, 1.807) is 0 Å². The molecule has 2 heteroatoms. The van der Waals surface area contributed by atoms with Gasteiger partial charge in [-0.05, 0) is 11.8 Å². The lowest BCUT2D eigenvalue weighted by Crippen LogP contribution is -2.31. The standard InChI is InChI=1S/C7H17N.H3N/c1-5(2)7(8)6(3)4;/h5-7H,8H2,1-4H3;1H3. The zero-order valence-electron chi connectivity index (χ0n) is 7.02. The Morgan fingerprint density at radius 2 is 1.11 bits per heavy atom. The Morgan fingerprint density at radius 1 is 0.889 bits per heavy atom. The quantitative estimate of drug-likeness (QED) is 0.601. The van der Waals surface area contributed by atoms with Crippen LogP contribution in [0.4, 0.5) is 0 Å². The number of nitrogens with two attached hydrogens (primary N) is 1. The molecule has 0 aromatic carbocycles. The van der Waals surface area contributed by atoms with Gasteiger partial charge in [0, 0.05) is 6.04 Å². The average molecular weight is 132 g/mol. The number of hydrogen-bond donors (Lipinski definition) is 2. The Balaban J connectivity index is 0. The van der Waals surface area contributed by atoms with E-state index in [-0.39, 0.29) is 6.15 Å². The fraction of sp³-hybridized carbons (Fsp3) is 1.00. The summed E-state index contributed by atoms with van der Waals surface area (Å²) in [7, 11) is 0. The predicted molar refractivity (Wildman–Crippen MR) is 42.7 cm³/mol.